The van der Waals surface area contributed by atoms with E-state index in [1.807, 2.05) is 25.1 Å². The predicted molar refractivity (Wildman–Crippen MR) is 104 cm³/mol. The highest BCUT2D eigenvalue weighted by atomic mass is 35.5. The number of ether oxygens (including phenoxy) is 1. The van der Waals surface area contributed by atoms with Gasteiger partial charge in [-0.15, -0.1) is 0 Å². The molecule has 0 aliphatic heterocycles. The molecule has 26 heavy (non-hydrogen) atoms. The summed E-state index contributed by atoms with van der Waals surface area (Å²) in [6.45, 7) is 1.89. The maximum Gasteiger partial charge on any atom is 0.411 e. The standard InChI is InChI=1S/C19H18ClN3O3/c1-11(21-14-4-3-5-15(10-14)22-19(25)26-2)16-9-12-8-13(20)6-7-17(12)23-18(16)24/h3-11,21H,1-2H3,(H,22,25)(H,23,24)/t11-/m0/s1. The van der Waals surface area contributed by atoms with Gasteiger partial charge in [-0.2, -0.15) is 0 Å². The van der Waals surface area contributed by atoms with Crippen molar-refractivity contribution in [2.24, 2.45) is 0 Å². The number of anilines is 2. The first-order valence-corrected chi connectivity index (χ1v) is 8.38. The number of aromatic nitrogens is 1. The molecule has 0 spiro atoms. The molecule has 1 atom stereocenters. The number of benzene rings is 2. The molecular formula is C19H18ClN3O3. The van der Waals surface area contributed by atoms with E-state index in [0.717, 1.165) is 16.6 Å². The predicted octanol–water partition coefficient (Wildman–Crippen LogP) is 4.53. The Hall–Kier alpha value is -2.99. The zero-order valence-corrected chi connectivity index (χ0v) is 15.1. The van der Waals surface area contributed by atoms with Crippen molar-refractivity contribution in [3.63, 3.8) is 0 Å². The monoisotopic (exact) mass is 371 g/mol. The second-order valence-electron chi connectivity index (χ2n) is 5.85. The Kier molecular flexibility index (Phi) is 5.14. The number of carbonyl (C=O) groups excluding carboxylic acids is 1. The van der Waals surface area contributed by atoms with Crippen molar-refractivity contribution < 1.29 is 9.53 Å². The smallest absolute Gasteiger partial charge is 0.411 e. The first kappa shape index (κ1) is 17.8. The van der Waals surface area contributed by atoms with E-state index in [4.69, 9.17) is 11.6 Å². The van der Waals surface area contributed by atoms with E-state index >= 15 is 0 Å². The third-order valence-electron chi connectivity index (χ3n) is 3.98. The second kappa shape index (κ2) is 7.49. The second-order valence-corrected chi connectivity index (χ2v) is 6.29. The van der Waals surface area contributed by atoms with Gasteiger partial charge in [0.2, 0.25) is 0 Å². The average Bonchev–Trinajstić information content (AvgIpc) is 2.61. The summed E-state index contributed by atoms with van der Waals surface area (Å²) >= 11 is 6.04. The summed E-state index contributed by atoms with van der Waals surface area (Å²) < 4.78 is 4.58. The third kappa shape index (κ3) is 3.97. The Balaban J connectivity index is 1.86. The fraction of sp³-hybridized carbons (Fsp3) is 0.158. The van der Waals surface area contributed by atoms with Crippen LogP contribution < -0.4 is 16.2 Å². The lowest BCUT2D eigenvalue weighted by atomic mass is 10.1. The van der Waals surface area contributed by atoms with Crippen molar-refractivity contribution in [2.75, 3.05) is 17.7 Å². The number of amides is 1. The molecule has 0 saturated heterocycles. The highest BCUT2D eigenvalue weighted by Gasteiger charge is 2.12. The van der Waals surface area contributed by atoms with E-state index in [9.17, 15) is 9.59 Å². The first-order chi connectivity index (χ1) is 12.5. The van der Waals surface area contributed by atoms with Crippen molar-refractivity contribution in [1.29, 1.82) is 0 Å². The summed E-state index contributed by atoms with van der Waals surface area (Å²) in [5.74, 6) is 0. The average molecular weight is 372 g/mol. The van der Waals surface area contributed by atoms with Crippen molar-refractivity contribution in [1.82, 2.24) is 4.98 Å². The molecule has 0 aliphatic rings. The zero-order chi connectivity index (χ0) is 18.7. The lowest BCUT2D eigenvalue weighted by molar-refractivity contribution is 0.187. The highest BCUT2D eigenvalue weighted by molar-refractivity contribution is 6.31. The zero-order valence-electron chi connectivity index (χ0n) is 14.3. The molecule has 134 valence electrons. The van der Waals surface area contributed by atoms with Crippen LogP contribution in [-0.4, -0.2) is 18.2 Å². The van der Waals surface area contributed by atoms with E-state index < -0.39 is 6.09 Å². The Labute approximate surface area is 155 Å². The molecular weight excluding hydrogens is 354 g/mol. The molecule has 3 N–H and O–H groups in total. The summed E-state index contributed by atoms with van der Waals surface area (Å²) in [4.78, 5) is 26.6. The molecule has 1 amide bonds. The number of hydrogen-bond donors (Lipinski definition) is 3. The molecule has 2 aromatic carbocycles. The molecule has 0 bridgehead atoms. The van der Waals surface area contributed by atoms with Crippen molar-refractivity contribution in [3.8, 4) is 0 Å². The highest BCUT2D eigenvalue weighted by Crippen LogP contribution is 2.23. The number of fused-ring (bicyclic) bond motifs is 1. The number of carbonyl (C=O) groups is 1. The Morgan fingerprint density at radius 1 is 1.15 bits per heavy atom. The van der Waals surface area contributed by atoms with Gasteiger partial charge in [-0.1, -0.05) is 17.7 Å². The van der Waals surface area contributed by atoms with E-state index in [-0.39, 0.29) is 11.6 Å². The summed E-state index contributed by atoms with van der Waals surface area (Å²) in [5, 5.41) is 7.34. The van der Waals surface area contributed by atoms with Crippen molar-refractivity contribution in [3.05, 3.63) is 69.5 Å². The molecule has 3 aromatic rings. The number of halogens is 1. The van der Waals surface area contributed by atoms with Crippen LogP contribution in [0.4, 0.5) is 16.2 Å². The van der Waals surface area contributed by atoms with Gasteiger partial charge in [-0.3, -0.25) is 10.1 Å². The molecule has 0 fully saturated rings. The van der Waals surface area contributed by atoms with Gasteiger partial charge in [0.15, 0.2) is 0 Å². The fourth-order valence-corrected chi connectivity index (χ4v) is 2.88. The van der Waals surface area contributed by atoms with Crippen LogP contribution in [0.3, 0.4) is 0 Å². The van der Waals surface area contributed by atoms with Crippen LogP contribution in [0.5, 0.6) is 0 Å². The number of rotatable bonds is 4. The van der Waals surface area contributed by atoms with Crippen LogP contribution in [0, 0.1) is 0 Å². The lowest BCUT2D eigenvalue weighted by Crippen LogP contribution is -2.19. The summed E-state index contributed by atoms with van der Waals surface area (Å²) in [6, 6.07) is 14.1. The SMILES string of the molecule is COC(=O)Nc1cccc(N[C@@H](C)c2cc3cc(Cl)ccc3[nH]c2=O)c1. The molecule has 0 saturated carbocycles. The van der Waals surface area contributed by atoms with Gasteiger partial charge < -0.3 is 15.0 Å². The summed E-state index contributed by atoms with van der Waals surface area (Å²) in [7, 11) is 1.30. The summed E-state index contributed by atoms with van der Waals surface area (Å²) in [6.07, 6.45) is -0.543. The number of hydrogen-bond acceptors (Lipinski definition) is 4. The van der Waals surface area contributed by atoms with Gasteiger partial charge in [0.1, 0.15) is 0 Å². The maximum absolute atomic E-state index is 12.4. The van der Waals surface area contributed by atoms with Gasteiger partial charge in [-0.25, -0.2) is 4.79 Å². The topological polar surface area (TPSA) is 83.2 Å². The molecule has 1 aromatic heterocycles. The van der Waals surface area contributed by atoms with Gasteiger partial charge in [0.25, 0.3) is 5.56 Å². The maximum atomic E-state index is 12.4. The lowest BCUT2D eigenvalue weighted by Gasteiger charge is -2.16. The van der Waals surface area contributed by atoms with Crippen LogP contribution in [-0.2, 0) is 4.74 Å². The minimum Gasteiger partial charge on any atom is -0.453 e. The largest absolute Gasteiger partial charge is 0.453 e. The normalized spacial score (nSPS) is 11.8. The quantitative estimate of drug-likeness (QED) is 0.629. The number of aromatic amines is 1. The minimum absolute atomic E-state index is 0.163. The van der Waals surface area contributed by atoms with E-state index in [2.05, 4.69) is 20.4 Å². The Bertz CT molecular complexity index is 1020. The van der Waals surface area contributed by atoms with Crippen LogP contribution in [0.2, 0.25) is 5.02 Å². The molecule has 0 unspecified atom stereocenters. The van der Waals surface area contributed by atoms with Crippen molar-refractivity contribution in [2.45, 2.75) is 13.0 Å². The third-order valence-corrected chi connectivity index (χ3v) is 4.21. The summed E-state index contributed by atoms with van der Waals surface area (Å²) in [5.41, 5.74) is 2.51. The first-order valence-electron chi connectivity index (χ1n) is 8.00. The van der Waals surface area contributed by atoms with Gasteiger partial charge in [0.05, 0.1) is 13.2 Å². The van der Waals surface area contributed by atoms with E-state index in [1.54, 1.807) is 30.3 Å². The minimum atomic E-state index is -0.543. The Morgan fingerprint density at radius 2 is 1.92 bits per heavy atom. The Morgan fingerprint density at radius 3 is 2.69 bits per heavy atom. The number of H-pyrrole nitrogens is 1. The molecule has 3 rings (SSSR count). The molecule has 6 nitrogen and oxygen atoms in total. The van der Waals surface area contributed by atoms with Gasteiger partial charge in [0, 0.05) is 32.9 Å². The molecule has 0 aliphatic carbocycles. The van der Waals surface area contributed by atoms with Crippen LogP contribution in [0.1, 0.15) is 18.5 Å². The van der Waals surface area contributed by atoms with Gasteiger partial charge >= 0.3 is 6.09 Å². The molecule has 0 radical (unpaired) electrons. The number of methoxy groups -OCH3 is 1. The molecule has 1 heterocycles. The fourth-order valence-electron chi connectivity index (χ4n) is 2.70. The number of nitrogens with one attached hydrogen (secondary N) is 3. The molecule has 7 heteroatoms. The van der Waals surface area contributed by atoms with Crippen LogP contribution in [0.25, 0.3) is 10.9 Å². The van der Waals surface area contributed by atoms with E-state index in [0.29, 0.717) is 16.3 Å². The van der Waals surface area contributed by atoms with Crippen molar-refractivity contribution >= 4 is 40.0 Å². The number of pyridine rings is 1. The van der Waals surface area contributed by atoms with Crippen LogP contribution in [0.15, 0.2) is 53.3 Å². The van der Waals surface area contributed by atoms with E-state index in [1.165, 1.54) is 7.11 Å². The van der Waals surface area contributed by atoms with Gasteiger partial charge in [-0.05, 0) is 49.4 Å². The van der Waals surface area contributed by atoms with Crippen LogP contribution >= 0.6 is 11.6 Å².